The number of benzene rings is 2. The summed E-state index contributed by atoms with van der Waals surface area (Å²) in [5.41, 5.74) is 2.56. The van der Waals surface area contributed by atoms with Crippen molar-refractivity contribution in [1.29, 1.82) is 0 Å². The maximum absolute atomic E-state index is 13.2. The monoisotopic (exact) mass is 318 g/mol. The summed E-state index contributed by atoms with van der Waals surface area (Å²) < 4.78 is 13.2. The van der Waals surface area contributed by atoms with Gasteiger partial charge >= 0.3 is 0 Å². The molecule has 0 unspecified atom stereocenters. The third kappa shape index (κ3) is 2.79. The summed E-state index contributed by atoms with van der Waals surface area (Å²) in [5.74, 6) is -0.613. The van der Waals surface area contributed by atoms with E-state index in [9.17, 15) is 9.18 Å². The van der Waals surface area contributed by atoms with Crippen LogP contribution in [-0.4, -0.2) is 30.9 Å². The van der Waals surface area contributed by atoms with E-state index in [0.717, 1.165) is 17.8 Å². The molecule has 0 aromatic heterocycles. The fourth-order valence-electron chi connectivity index (χ4n) is 2.70. The van der Waals surface area contributed by atoms with E-state index < -0.39 is 5.82 Å². The Kier molecular flexibility index (Phi) is 4.03. The van der Waals surface area contributed by atoms with Crippen LogP contribution < -0.4 is 4.90 Å². The Morgan fingerprint density at radius 2 is 1.95 bits per heavy atom. The lowest BCUT2D eigenvalue weighted by Gasteiger charge is -2.21. The van der Waals surface area contributed by atoms with Gasteiger partial charge in [0, 0.05) is 32.4 Å². The third-order valence-corrected chi connectivity index (χ3v) is 4.23. The van der Waals surface area contributed by atoms with E-state index >= 15 is 0 Å². The first kappa shape index (κ1) is 14.9. The number of likely N-dealkylation sites (N-methyl/N-ethyl adjacent to an activating group) is 1. The van der Waals surface area contributed by atoms with Crippen LogP contribution in [0.5, 0.6) is 0 Å². The summed E-state index contributed by atoms with van der Waals surface area (Å²) >= 11 is 6.02. The highest BCUT2D eigenvalue weighted by Gasteiger charge is 2.23. The number of rotatable bonds is 1. The number of hydrogen-bond donors (Lipinski definition) is 0. The second kappa shape index (κ2) is 5.97. The molecule has 1 amide bonds. The fourth-order valence-corrected chi connectivity index (χ4v) is 2.95. The molecule has 0 N–H and O–H groups in total. The number of fused-ring (bicyclic) bond motifs is 1. The molecule has 22 heavy (non-hydrogen) atoms. The van der Waals surface area contributed by atoms with E-state index in [1.807, 2.05) is 31.3 Å². The summed E-state index contributed by atoms with van der Waals surface area (Å²) in [6, 6.07) is 11.9. The van der Waals surface area contributed by atoms with Crippen molar-refractivity contribution >= 4 is 23.2 Å². The van der Waals surface area contributed by atoms with Crippen molar-refractivity contribution in [3.8, 4) is 0 Å². The lowest BCUT2D eigenvalue weighted by atomic mass is 10.1. The van der Waals surface area contributed by atoms with E-state index in [0.29, 0.717) is 18.7 Å². The Morgan fingerprint density at radius 1 is 1.18 bits per heavy atom. The van der Waals surface area contributed by atoms with E-state index in [1.54, 1.807) is 4.90 Å². The smallest absolute Gasteiger partial charge is 0.255 e. The first-order chi connectivity index (χ1) is 10.6. The van der Waals surface area contributed by atoms with Crippen molar-refractivity contribution in [1.82, 2.24) is 4.90 Å². The van der Waals surface area contributed by atoms with Crippen molar-refractivity contribution in [2.45, 2.75) is 6.54 Å². The molecular formula is C17H16ClFN2O. The molecule has 0 aliphatic carbocycles. The largest absolute Gasteiger partial charge is 0.373 e. The molecule has 1 aliphatic heterocycles. The van der Waals surface area contributed by atoms with Crippen LogP contribution in [0.1, 0.15) is 15.9 Å². The van der Waals surface area contributed by atoms with Crippen molar-refractivity contribution in [2.24, 2.45) is 0 Å². The van der Waals surface area contributed by atoms with Crippen LogP contribution in [0.2, 0.25) is 5.02 Å². The van der Waals surface area contributed by atoms with E-state index in [-0.39, 0.29) is 10.9 Å². The molecule has 0 bridgehead atoms. The van der Waals surface area contributed by atoms with Gasteiger partial charge in [-0.3, -0.25) is 4.79 Å². The predicted octanol–water partition coefficient (Wildman–Crippen LogP) is 3.57. The fraction of sp³-hybridized carbons (Fsp3) is 0.235. The SMILES string of the molecule is CN1CCN(C(=O)c2ccc(F)cc2Cl)Cc2ccccc21. The summed E-state index contributed by atoms with van der Waals surface area (Å²) in [6.45, 7) is 1.85. The Balaban J connectivity index is 1.91. The minimum atomic E-state index is -0.442. The Labute approximate surface area is 133 Å². The third-order valence-electron chi connectivity index (χ3n) is 3.92. The molecule has 0 atom stereocenters. The summed E-state index contributed by atoms with van der Waals surface area (Å²) in [4.78, 5) is 16.6. The van der Waals surface area contributed by atoms with Gasteiger partial charge in [-0.2, -0.15) is 0 Å². The zero-order chi connectivity index (χ0) is 15.7. The normalized spacial score (nSPS) is 14.5. The van der Waals surface area contributed by atoms with Gasteiger partial charge in [-0.1, -0.05) is 29.8 Å². The molecular weight excluding hydrogens is 303 g/mol. The van der Waals surface area contributed by atoms with E-state index in [2.05, 4.69) is 4.90 Å². The molecule has 2 aromatic carbocycles. The molecule has 3 rings (SSSR count). The second-order valence-corrected chi connectivity index (χ2v) is 5.81. The van der Waals surface area contributed by atoms with Crippen LogP contribution in [0.3, 0.4) is 0 Å². The lowest BCUT2D eigenvalue weighted by molar-refractivity contribution is 0.0752. The molecule has 3 nitrogen and oxygen atoms in total. The second-order valence-electron chi connectivity index (χ2n) is 5.40. The van der Waals surface area contributed by atoms with Crippen LogP contribution in [-0.2, 0) is 6.54 Å². The zero-order valence-electron chi connectivity index (χ0n) is 12.2. The quantitative estimate of drug-likeness (QED) is 0.802. The minimum absolute atomic E-state index is 0.149. The van der Waals surface area contributed by atoms with Gasteiger partial charge in [0.05, 0.1) is 10.6 Å². The molecule has 2 aromatic rings. The van der Waals surface area contributed by atoms with Gasteiger partial charge in [0.25, 0.3) is 5.91 Å². The van der Waals surface area contributed by atoms with Gasteiger partial charge in [0.2, 0.25) is 0 Å². The lowest BCUT2D eigenvalue weighted by Crippen LogP contribution is -2.34. The molecule has 0 saturated heterocycles. The standard InChI is InChI=1S/C17H16ClFN2O/c1-20-8-9-21(11-12-4-2-3-5-16(12)20)17(22)14-7-6-13(19)10-15(14)18/h2-7,10H,8-9,11H2,1H3. The number of halogens is 2. The topological polar surface area (TPSA) is 23.6 Å². The first-order valence-corrected chi connectivity index (χ1v) is 7.47. The Bertz CT molecular complexity index is 720. The molecule has 0 fully saturated rings. The van der Waals surface area contributed by atoms with Crippen LogP contribution in [0.15, 0.2) is 42.5 Å². The molecule has 114 valence electrons. The maximum atomic E-state index is 13.2. The minimum Gasteiger partial charge on any atom is -0.373 e. The number of hydrogen-bond acceptors (Lipinski definition) is 2. The molecule has 0 spiro atoms. The number of anilines is 1. The number of carbonyl (C=O) groups excluding carboxylic acids is 1. The molecule has 1 heterocycles. The van der Waals surface area contributed by atoms with Crippen LogP contribution >= 0.6 is 11.6 Å². The summed E-state index contributed by atoms with van der Waals surface area (Å²) in [6.07, 6.45) is 0. The zero-order valence-corrected chi connectivity index (χ0v) is 13.0. The highest BCUT2D eigenvalue weighted by molar-refractivity contribution is 6.33. The molecule has 5 heteroatoms. The van der Waals surface area contributed by atoms with Gasteiger partial charge in [-0.15, -0.1) is 0 Å². The van der Waals surface area contributed by atoms with Crippen molar-refractivity contribution in [2.75, 3.05) is 25.0 Å². The van der Waals surface area contributed by atoms with Crippen molar-refractivity contribution in [3.05, 3.63) is 64.4 Å². The van der Waals surface area contributed by atoms with Crippen LogP contribution in [0, 0.1) is 5.82 Å². The first-order valence-electron chi connectivity index (χ1n) is 7.09. The maximum Gasteiger partial charge on any atom is 0.255 e. The van der Waals surface area contributed by atoms with Crippen molar-refractivity contribution < 1.29 is 9.18 Å². The predicted molar refractivity (Wildman–Crippen MR) is 85.9 cm³/mol. The highest BCUT2D eigenvalue weighted by Crippen LogP contribution is 2.26. The van der Waals surface area contributed by atoms with Gasteiger partial charge in [0.1, 0.15) is 5.82 Å². The number of carbonyl (C=O) groups is 1. The average molecular weight is 319 g/mol. The highest BCUT2D eigenvalue weighted by atomic mass is 35.5. The van der Waals surface area contributed by atoms with Crippen LogP contribution in [0.4, 0.5) is 10.1 Å². The number of para-hydroxylation sites is 1. The molecule has 1 aliphatic rings. The van der Waals surface area contributed by atoms with Gasteiger partial charge in [-0.05, 0) is 29.8 Å². The van der Waals surface area contributed by atoms with Crippen LogP contribution in [0.25, 0.3) is 0 Å². The van der Waals surface area contributed by atoms with Crippen molar-refractivity contribution in [3.63, 3.8) is 0 Å². The Hall–Kier alpha value is -2.07. The molecule has 0 saturated carbocycles. The van der Waals surface area contributed by atoms with E-state index in [1.165, 1.54) is 18.2 Å². The van der Waals surface area contributed by atoms with E-state index in [4.69, 9.17) is 11.6 Å². The Morgan fingerprint density at radius 3 is 2.73 bits per heavy atom. The van der Waals surface area contributed by atoms with Gasteiger partial charge in [0.15, 0.2) is 0 Å². The molecule has 0 radical (unpaired) electrons. The summed E-state index contributed by atoms with van der Waals surface area (Å²) in [7, 11) is 2.01. The number of nitrogens with zero attached hydrogens (tertiary/aromatic N) is 2. The number of amides is 1. The van der Waals surface area contributed by atoms with Gasteiger partial charge < -0.3 is 9.80 Å². The summed E-state index contributed by atoms with van der Waals surface area (Å²) in [5, 5.41) is 0.149. The van der Waals surface area contributed by atoms with Gasteiger partial charge in [-0.25, -0.2) is 4.39 Å². The average Bonchev–Trinajstić information content (AvgIpc) is 2.67.